The van der Waals surface area contributed by atoms with Crippen molar-refractivity contribution in [2.75, 3.05) is 13.7 Å². The maximum absolute atomic E-state index is 11.7. The van der Waals surface area contributed by atoms with Gasteiger partial charge in [-0.3, -0.25) is 4.79 Å². The number of methoxy groups -OCH3 is 1. The molecule has 0 radical (unpaired) electrons. The number of benzene rings is 1. The summed E-state index contributed by atoms with van der Waals surface area (Å²) in [7, 11) is 1.59. The van der Waals surface area contributed by atoms with Crippen LogP contribution in [0.1, 0.15) is 26.3 Å². The van der Waals surface area contributed by atoms with E-state index in [1.54, 1.807) is 20.1 Å². The zero-order valence-corrected chi connectivity index (χ0v) is 12.5. The van der Waals surface area contributed by atoms with Gasteiger partial charge in [-0.25, -0.2) is 0 Å². The molecule has 0 saturated carbocycles. The average molecular weight is 277 g/mol. The molecule has 1 aromatic carbocycles. The van der Waals surface area contributed by atoms with Gasteiger partial charge in [0, 0.05) is 18.2 Å². The quantitative estimate of drug-likeness (QED) is 0.784. The molecule has 1 atom stereocenters. The molecule has 110 valence electrons. The van der Waals surface area contributed by atoms with E-state index in [1.807, 2.05) is 38.1 Å². The van der Waals surface area contributed by atoms with Gasteiger partial charge in [0.2, 0.25) is 5.91 Å². The third kappa shape index (κ3) is 4.70. The molecule has 2 N–H and O–H groups in total. The summed E-state index contributed by atoms with van der Waals surface area (Å²) >= 11 is 0. The summed E-state index contributed by atoms with van der Waals surface area (Å²) in [6, 6.07) is 7.45. The summed E-state index contributed by atoms with van der Waals surface area (Å²) in [5, 5.41) is 12.7. The smallest absolute Gasteiger partial charge is 0.244 e. The summed E-state index contributed by atoms with van der Waals surface area (Å²) in [4.78, 5) is 11.7. The van der Waals surface area contributed by atoms with Crippen LogP contribution in [0.15, 0.2) is 30.3 Å². The molecule has 1 amide bonds. The fourth-order valence-corrected chi connectivity index (χ4v) is 1.50. The minimum absolute atomic E-state index is 0.0704. The molecule has 0 spiro atoms. The van der Waals surface area contributed by atoms with Crippen LogP contribution >= 0.6 is 0 Å². The lowest BCUT2D eigenvalue weighted by Crippen LogP contribution is -2.43. The molecule has 1 aromatic rings. The molecular formula is C16H23NO3. The second-order valence-electron chi connectivity index (χ2n) is 5.30. The Balaban J connectivity index is 2.60. The van der Waals surface area contributed by atoms with Crippen LogP contribution < -0.4 is 10.1 Å². The molecule has 4 heteroatoms. The van der Waals surface area contributed by atoms with Gasteiger partial charge in [-0.15, -0.1) is 0 Å². The number of amides is 1. The molecule has 4 nitrogen and oxygen atoms in total. The second kappa shape index (κ2) is 7.10. The highest BCUT2D eigenvalue weighted by molar-refractivity contribution is 5.92. The number of nitrogens with one attached hydrogen (secondary N) is 1. The van der Waals surface area contributed by atoms with Crippen LogP contribution in [0.4, 0.5) is 0 Å². The average Bonchev–Trinajstić information content (AvgIpc) is 2.43. The highest BCUT2D eigenvalue weighted by atomic mass is 16.5. The molecule has 0 aliphatic carbocycles. The summed E-state index contributed by atoms with van der Waals surface area (Å²) in [5.41, 5.74) is -0.0747. The topological polar surface area (TPSA) is 58.6 Å². The van der Waals surface area contributed by atoms with Crippen molar-refractivity contribution < 1.29 is 14.6 Å². The third-order valence-electron chi connectivity index (χ3n) is 3.42. The minimum atomic E-state index is -0.909. The largest absolute Gasteiger partial charge is 0.496 e. The Kier molecular flexibility index (Phi) is 5.77. The summed E-state index contributed by atoms with van der Waals surface area (Å²) in [6.45, 7) is 5.76. The Labute approximate surface area is 120 Å². The first-order chi connectivity index (χ1) is 9.36. The number of hydrogen-bond donors (Lipinski definition) is 2. The molecule has 0 heterocycles. The number of aliphatic hydroxyl groups is 1. The first-order valence-corrected chi connectivity index (χ1v) is 6.68. The van der Waals surface area contributed by atoms with Crippen molar-refractivity contribution in [1.29, 1.82) is 0 Å². The second-order valence-corrected chi connectivity index (χ2v) is 5.30. The van der Waals surface area contributed by atoms with E-state index in [1.165, 1.54) is 6.08 Å². The van der Waals surface area contributed by atoms with Crippen LogP contribution in [-0.2, 0) is 4.79 Å². The molecule has 0 saturated heterocycles. The fraction of sp³-hybridized carbons (Fsp3) is 0.438. The highest BCUT2D eigenvalue weighted by Crippen LogP contribution is 2.18. The van der Waals surface area contributed by atoms with Crippen molar-refractivity contribution in [3.63, 3.8) is 0 Å². The Hall–Kier alpha value is -1.81. The van der Waals surface area contributed by atoms with E-state index < -0.39 is 5.60 Å². The van der Waals surface area contributed by atoms with Gasteiger partial charge >= 0.3 is 0 Å². The maximum Gasteiger partial charge on any atom is 0.244 e. The monoisotopic (exact) mass is 277 g/mol. The zero-order chi connectivity index (χ0) is 15.2. The number of hydrogen-bond acceptors (Lipinski definition) is 3. The van der Waals surface area contributed by atoms with E-state index in [0.29, 0.717) is 5.75 Å². The van der Waals surface area contributed by atoms with Gasteiger partial charge in [0.05, 0.1) is 12.7 Å². The van der Waals surface area contributed by atoms with Crippen molar-refractivity contribution >= 4 is 12.0 Å². The van der Waals surface area contributed by atoms with Gasteiger partial charge in [0.15, 0.2) is 0 Å². The lowest BCUT2D eigenvalue weighted by atomic mass is 9.92. The summed E-state index contributed by atoms with van der Waals surface area (Å²) in [6.07, 6.45) is 3.13. The first-order valence-electron chi connectivity index (χ1n) is 6.68. The van der Waals surface area contributed by atoms with Crippen molar-refractivity contribution in [2.45, 2.75) is 26.4 Å². The molecule has 0 aliphatic heterocycles. The predicted octanol–water partition coefficient (Wildman–Crippen LogP) is 2.23. The molecule has 0 aromatic heterocycles. The standard InChI is InChI=1S/C16H23NO3/c1-12(2)16(3,19)11-17-15(18)10-9-13-7-5-6-8-14(13)20-4/h5-10,12,19H,11H2,1-4H3,(H,17,18). The van der Waals surface area contributed by atoms with Crippen molar-refractivity contribution in [2.24, 2.45) is 5.92 Å². The molecule has 0 fully saturated rings. The van der Waals surface area contributed by atoms with Gasteiger partial charge < -0.3 is 15.2 Å². The van der Waals surface area contributed by atoms with Crippen molar-refractivity contribution in [1.82, 2.24) is 5.32 Å². The van der Waals surface area contributed by atoms with Gasteiger partial charge in [-0.05, 0) is 25.0 Å². The van der Waals surface area contributed by atoms with Gasteiger partial charge in [-0.1, -0.05) is 32.0 Å². The fourth-order valence-electron chi connectivity index (χ4n) is 1.50. The van der Waals surface area contributed by atoms with Gasteiger partial charge in [-0.2, -0.15) is 0 Å². The van der Waals surface area contributed by atoms with Gasteiger partial charge in [0.1, 0.15) is 5.75 Å². The predicted molar refractivity (Wildman–Crippen MR) is 80.5 cm³/mol. The van der Waals surface area contributed by atoms with E-state index in [4.69, 9.17) is 4.74 Å². The van der Waals surface area contributed by atoms with Crippen LogP contribution in [0.3, 0.4) is 0 Å². The third-order valence-corrected chi connectivity index (χ3v) is 3.42. The Morgan fingerprint density at radius 2 is 2.10 bits per heavy atom. The minimum Gasteiger partial charge on any atom is -0.496 e. The molecule has 20 heavy (non-hydrogen) atoms. The number of para-hydroxylation sites is 1. The highest BCUT2D eigenvalue weighted by Gasteiger charge is 2.24. The van der Waals surface area contributed by atoms with Crippen LogP contribution in [0.2, 0.25) is 0 Å². The van der Waals surface area contributed by atoms with E-state index in [2.05, 4.69) is 5.32 Å². The van der Waals surface area contributed by atoms with Crippen LogP contribution in [0.25, 0.3) is 6.08 Å². The number of carbonyl (C=O) groups excluding carboxylic acids is 1. The van der Waals surface area contributed by atoms with Crippen LogP contribution in [0, 0.1) is 5.92 Å². The van der Waals surface area contributed by atoms with Crippen LogP contribution in [-0.4, -0.2) is 30.3 Å². The van der Waals surface area contributed by atoms with E-state index in [9.17, 15) is 9.90 Å². The lowest BCUT2D eigenvalue weighted by Gasteiger charge is -2.27. The molecule has 1 unspecified atom stereocenters. The van der Waals surface area contributed by atoms with E-state index in [0.717, 1.165) is 5.56 Å². The van der Waals surface area contributed by atoms with Gasteiger partial charge in [0.25, 0.3) is 0 Å². The molecular weight excluding hydrogens is 254 g/mol. The maximum atomic E-state index is 11.7. The Morgan fingerprint density at radius 1 is 1.45 bits per heavy atom. The zero-order valence-electron chi connectivity index (χ0n) is 12.5. The Morgan fingerprint density at radius 3 is 2.70 bits per heavy atom. The van der Waals surface area contributed by atoms with Crippen molar-refractivity contribution in [3.8, 4) is 5.75 Å². The van der Waals surface area contributed by atoms with E-state index in [-0.39, 0.29) is 18.4 Å². The normalized spacial score (nSPS) is 14.3. The molecule has 1 rings (SSSR count). The van der Waals surface area contributed by atoms with E-state index >= 15 is 0 Å². The number of rotatable bonds is 6. The lowest BCUT2D eigenvalue weighted by molar-refractivity contribution is -0.118. The van der Waals surface area contributed by atoms with Crippen LogP contribution in [0.5, 0.6) is 5.75 Å². The molecule has 0 aliphatic rings. The first kappa shape index (κ1) is 16.2. The SMILES string of the molecule is COc1ccccc1C=CC(=O)NCC(C)(O)C(C)C. The molecule has 0 bridgehead atoms. The van der Waals surface area contributed by atoms with Crippen molar-refractivity contribution in [3.05, 3.63) is 35.9 Å². The Bertz CT molecular complexity index is 478. The summed E-state index contributed by atoms with van der Waals surface area (Å²) < 4.78 is 5.20. The number of ether oxygens (including phenoxy) is 1. The summed E-state index contributed by atoms with van der Waals surface area (Å²) in [5.74, 6) is 0.545. The number of carbonyl (C=O) groups is 1.